The number of rotatable bonds is 9. The Morgan fingerprint density at radius 2 is 1.79 bits per heavy atom. The fourth-order valence-electron chi connectivity index (χ4n) is 4.59. The molecule has 0 atom stereocenters. The lowest BCUT2D eigenvalue weighted by Gasteiger charge is -2.23. The molecule has 1 aliphatic rings. The Kier molecular flexibility index (Phi) is 8.38. The molecule has 2 aromatic heterocycles. The second-order valence-electron chi connectivity index (χ2n) is 9.94. The molecular weight excluding hydrogens is 509 g/mol. The third-order valence-electron chi connectivity index (χ3n) is 6.78. The van der Waals surface area contributed by atoms with Crippen LogP contribution in [0.5, 0.6) is 11.5 Å². The zero-order chi connectivity index (χ0) is 26.0. The molecule has 1 aliphatic carbocycles. The maximum Gasteiger partial charge on any atom is 0.173 e. The zero-order valence-corrected chi connectivity index (χ0v) is 22.6. The van der Waals surface area contributed by atoms with Crippen molar-refractivity contribution in [2.75, 3.05) is 7.11 Å². The maximum atomic E-state index is 13.2. The Morgan fingerprint density at radius 3 is 2.50 bits per heavy atom. The predicted molar refractivity (Wildman–Crippen MR) is 144 cm³/mol. The highest BCUT2D eigenvalue weighted by molar-refractivity contribution is 5.85. The van der Waals surface area contributed by atoms with Crippen LogP contribution in [0.1, 0.15) is 56.5 Å². The van der Waals surface area contributed by atoms with Crippen LogP contribution in [0.15, 0.2) is 48.8 Å². The van der Waals surface area contributed by atoms with Gasteiger partial charge >= 0.3 is 0 Å². The van der Waals surface area contributed by atoms with Crippen LogP contribution in [0, 0.1) is 11.2 Å². The maximum absolute atomic E-state index is 13.2. The minimum absolute atomic E-state index is 0. The molecule has 0 spiro atoms. The van der Waals surface area contributed by atoms with Gasteiger partial charge in [0.2, 0.25) is 0 Å². The van der Waals surface area contributed by atoms with Crippen molar-refractivity contribution in [1.29, 1.82) is 5.41 Å². The third-order valence-corrected chi connectivity index (χ3v) is 6.78. The van der Waals surface area contributed by atoms with E-state index >= 15 is 0 Å². The lowest BCUT2D eigenvalue weighted by atomic mass is 10.1. The summed E-state index contributed by atoms with van der Waals surface area (Å²) >= 11 is 0. The summed E-state index contributed by atoms with van der Waals surface area (Å²) in [6.07, 6.45) is 6.36. The number of H-pyrrole nitrogens is 1. The van der Waals surface area contributed by atoms with Crippen molar-refractivity contribution in [2.24, 2.45) is 0 Å². The van der Waals surface area contributed by atoms with Gasteiger partial charge < -0.3 is 23.8 Å². The highest BCUT2D eigenvalue weighted by Gasteiger charge is 2.27. The van der Waals surface area contributed by atoms with Gasteiger partial charge in [-0.25, -0.2) is 14.4 Å². The Bertz CT molecular complexity index is 1450. The van der Waals surface area contributed by atoms with Crippen molar-refractivity contribution in [3.05, 3.63) is 77.0 Å². The fourth-order valence-corrected chi connectivity index (χ4v) is 4.59. The topological polar surface area (TPSA) is 98.0 Å². The minimum atomic E-state index is -0.778. The van der Waals surface area contributed by atoms with Crippen molar-refractivity contribution in [1.82, 2.24) is 19.5 Å². The number of imidazole rings is 1. The Hall–Kier alpha value is -3.43. The molecule has 202 valence electrons. The summed E-state index contributed by atoms with van der Waals surface area (Å²) in [7, 11) is 1.65. The van der Waals surface area contributed by atoms with Crippen LogP contribution in [0.25, 0.3) is 11.2 Å². The smallest absolute Gasteiger partial charge is 0.173 e. The summed E-state index contributed by atoms with van der Waals surface area (Å²) in [4.78, 5) is 12.3. The van der Waals surface area contributed by atoms with Gasteiger partial charge in [0.05, 0.1) is 32.7 Å². The largest absolute Gasteiger partial charge is 0.493 e. The van der Waals surface area contributed by atoms with Gasteiger partial charge in [-0.05, 0) is 74.9 Å². The molecule has 10 heteroatoms. The Labute approximate surface area is 227 Å². The van der Waals surface area contributed by atoms with Crippen LogP contribution in [0.3, 0.4) is 0 Å². The molecule has 0 amide bonds. The van der Waals surface area contributed by atoms with E-state index in [4.69, 9.17) is 24.6 Å². The van der Waals surface area contributed by atoms with Crippen molar-refractivity contribution >= 4 is 23.6 Å². The molecule has 8 nitrogen and oxygen atoms in total. The number of nitrogens with one attached hydrogen (secondary N) is 2. The molecule has 0 unspecified atom stereocenters. The number of ether oxygens (including phenoxy) is 3. The van der Waals surface area contributed by atoms with Gasteiger partial charge in [0.25, 0.3) is 0 Å². The van der Waals surface area contributed by atoms with Gasteiger partial charge in [0.1, 0.15) is 22.8 Å². The normalized spacial score (nSPS) is 14.0. The second kappa shape index (κ2) is 11.5. The SMILES string of the molecule is COc1ccc(Cn2cnc(=N)c3[nH]c(C(C)(C)OCc4ccc(F)cc4)nc32)cc1OC1CCCC1.Cl. The first-order valence-corrected chi connectivity index (χ1v) is 12.5. The van der Waals surface area contributed by atoms with Crippen molar-refractivity contribution in [2.45, 2.75) is 64.4 Å². The Balaban J connectivity index is 0.00000336. The fraction of sp³-hybridized carbons (Fsp3) is 0.393. The van der Waals surface area contributed by atoms with Crippen LogP contribution >= 0.6 is 12.4 Å². The lowest BCUT2D eigenvalue weighted by molar-refractivity contribution is -0.0393. The number of nitrogens with zero attached hydrogens (tertiary/aromatic N) is 3. The number of methoxy groups -OCH3 is 1. The number of hydrogen-bond acceptors (Lipinski definition) is 6. The van der Waals surface area contributed by atoms with Crippen molar-refractivity contribution in [3.8, 4) is 11.5 Å². The quantitative estimate of drug-likeness (QED) is 0.286. The van der Waals surface area contributed by atoms with E-state index in [9.17, 15) is 4.39 Å². The predicted octanol–water partition coefficient (Wildman–Crippen LogP) is 5.63. The van der Waals surface area contributed by atoms with E-state index in [1.807, 2.05) is 36.6 Å². The van der Waals surface area contributed by atoms with Crippen molar-refractivity contribution < 1.29 is 18.6 Å². The van der Waals surface area contributed by atoms with E-state index in [1.54, 1.807) is 25.6 Å². The molecule has 1 saturated carbocycles. The second-order valence-corrected chi connectivity index (χ2v) is 9.94. The van der Waals surface area contributed by atoms with Gasteiger partial charge in [-0.2, -0.15) is 0 Å². The lowest BCUT2D eigenvalue weighted by Crippen LogP contribution is -2.23. The zero-order valence-electron chi connectivity index (χ0n) is 21.8. The number of benzene rings is 2. The first kappa shape index (κ1) is 27.6. The van der Waals surface area contributed by atoms with Gasteiger partial charge in [0, 0.05) is 0 Å². The first-order chi connectivity index (χ1) is 17.8. The molecule has 0 saturated heterocycles. The molecule has 38 heavy (non-hydrogen) atoms. The number of halogens is 2. The molecule has 5 rings (SSSR count). The number of hydrogen-bond donors (Lipinski definition) is 2. The van der Waals surface area contributed by atoms with E-state index in [-0.39, 0.29) is 29.8 Å². The summed E-state index contributed by atoms with van der Waals surface area (Å²) in [5.41, 5.74) is 2.35. The standard InChI is InChI=1S/C28H32FN5O3.ClH/c1-28(2,36-16-18-8-11-20(29)12-9-18)27-32-24-25(30)31-17-34(26(24)33-27)15-19-10-13-22(35-3)23(14-19)37-21-6-4-5-7-21;/h8-14,17,21,30H,4-7,15-16H2,1-3H3,(H,32,33);1H. The van der Waals surface area contributed by atoms with Gasteiger partial charge in [-0.1, -0.05) is 18.2 Å². The average molecular weight is 542 g/mol. The minimum Gasteiger partial charge on any atom is -0.493 e. The number of aromatic nitrogens is 4. The van der Waals surface area contributed by atoms with Crippen LogP contribution < -0.4 is 15.0 Å². The summed E-state index contributed by atoms with van der Waals surface area (Å²) in [6, 6.07) is 12.2. The van der Waals surface area contributed by atoms with E-state index in [0.717, 1.165) is 29.7 Å². The molecule has 4 aromatic rings. The highest BCUT2D eigenvalue weighted by atomic mass is 35.5. The van der Waals surface area contributed by atoms with Crippen LogP contribution in [-0.2, 0) is 23.5 Å². The van der Waals surface area contributed by atoms with E-state index < -0.39 is 5.60 Å². The number of aromatic amines is 1. The highest BCUT2D eigenvalue weighted by Crippen LogP contribution is 2.33. The first-order valence-electron chi connectivity index (χ1n) is 12.5. The third kappa shape index (κ3) is 6.00. The van der Waals surface area contributed by atoms with E-state index in [0.29, 0.717) is 35.9 Å². The van der Waals surface area contributed by atoms with Gasteiger partial charge in [-0.15, -0.1) is 12.4 Å². The summed E-state index contributed by atoms with van der Waals surface area (Å²) in [6.45, 7) is 4.61. The van der Waals surface area contributed by atoms with Gasteiger partial charge in [-0.3, -0.25) is 5.41 Å². The molecular formula is C28H33ClFN5O3. The van der Waals surface area contributed by atoms with Crippen LogP contribution in [0.4, 0.5) is 4.39 Å². The van der Waals surface area contributed by atoms with Crippen LogP contribution in [-0.4, -0.2) is 32.7 Å². The monoisotopic (exact) mass is 541 g/mol. The van der Waals surface area contributed by atoms with E-state index in [1.165, 1.54) is 25.0 Å². The molecule has 2 N–H and O–H groups in total. The molecule has 2 aromatic carbocycles. The number of fused-ring (bicyclic) bond motifs is 1. The Morgan fingerprint density at radius 1 is 1.08 bits per heavy atom. The van der Waals surface area contributed by atoms with E-state index in [2.05, 4.69) is 9.97 Å². The molecule has 1 fully saturated rings. The summed E-state index contributed by atoms with van der Waals surface area (Å²) < 4.78 is 33.1. The average Bonchev–Trinajstić information content (AvgIpc) is 3.57. The van der Waals surface area contributed by atoms with Crippen LogP contribution in [0.2, 0.25) is 0 Å². The molecule has 2 heterocycles. The molecule has 0 radical (unpaired) electrons. The van der Waals surface area contributed by atoms with Gasteiger partial charge in [0.15, 0.2) is 22.6 Å². The summed E-state index contributed by atoms with van der Waals surface area (Å²) in [5.74, 6) is 1.76. The van der Waals surface area contributed by atoms with Crippen molar-refractivity contribution in [3.63, 3.8) is 0 Å². The molecule has 0 aliphatic heterocycles. The summed E-state index contributed by atoms with van der Waals surface area (Å²) in [5, 5.41) is 8.32. The molecule has 0 bridgehead atoms.